The van der Waals surface area contributed by atoms with Crippen molar-refractivity contribution in [1.29, 1.82) is 0 Å². The Morgan fingerprint density at radius 3 is 2.24 bits per heavy atom. The average Bonchev–Trinajstić information content (AvgIpc) is 3.53. The van der Waals surface area contributed by atoms with E-state index >= 15 is 0 Å². The lowest BCUT2D eigenvalue weighted by Crippen LogP contribution is -2.52. The highest BCUT2D eigenvalue weighted by atomic mass is 16.5. The summed E-state index contributed by atoms with van der Waals surface area (Å²) in [5.74, 6) is -2.46. The van der Waals surface area contributed by atoms with Gasteiger partial charge in [-0.3, -0.25) is 24.0 Å². The Bertz CT molecular complexity index is 2680. The number of phenols is 1. The maximum absolute atomic E-state index is 13.9. The minimum Gasteiger partial charge on any atom is -0.510 e. The first-order valence-electron chi connectivity index (χ1n) is 14.5. The highest BCUT2D eigenvalue weighted by Crippen LogP contribution is 2.54. The van der Waals surface area contributed by atoms with Crippen LogP contribution in [0.4, 0.5) is 0 Å². The number of ether oxygens (including phenoxy) is 1. The molecule has 7 rings (SSSR count). The number of aromatic nitrogens is 1. The Morgan fingerprint density at radius 2 is 1.54 bits per heavy atom. The van der Waals surface area contributed by atoms with Crippen molar-refractivity contribution >= 4 is 28.4 Å². The number of aromatic amines is 1. The van der Waals surface area contributed by atoms with Crippen molar-refractivity contribution in [2.24, 2.45) is 0 Å². The molecule has 0 aliphatic heterocycles. The van der Waals surface area contributed by atoms with Gasteiger partial charge in [0.15, 0.2) is 11.2 Å². The molecular weight excluding hydrogens is 590 g/mol. The van der Waals surface area contributed by atoms with Gasteiger partial charge >= 0.3 is 0 Å². The molecule has 10 heteroatoms. The van der Waals surface area contributed by atoms with Gasteiger partial charge in [0.25, 0.3) is 5.56 Å². The van der Waals surface area contributed by atoms with E-state index in [0.717, 1.165) is 6.07 Å². The van der Waals surface area contributed by atoms with Gasteiger partial charge in [-0.2, -0.15) is 0 Å². The molecule has 1 aromatic heterocycles. The van der Waals surface area contributed by atoms with Crippen LogP contribution in [-0.2, 0) is 18.4 Å². The minimum absolute atomic E-state index is 0.0339. The predicted molar refractivity (Wildman–Crippen MR) is 171 cm³/mol. The fraction of sp³-hybridized carbons (Fsp3) is 0.139. The Balaban J connectivity index is 1.49. The van der Waals surface area contributed by atoms with E-state index in [-0.39, 0.29) is 30.4 Å². The first kappa shape index (κ1) is 28.7. The van der Waals surface area contributed by atoms with Gasteiger partial charge in [-0.15, -0.1) is 0 Å². The van der Waals surface area contributed by atoms with Crippen LogP contribution in [0.3, 0.4) is 0 Å². The molecule has 0 unspecified atom stereocenters. The van der Waals surface area contributed by atoms with Gasteiger partial charge in [0.05, 0.1) is 26.3 Å². The third kappa shape index (κ3) is 3.86. The van der Waals surface area contributed by atoms with Crippen LogP contribution in [0.2, 0.25) is 0 Å². The van der Waals surface area contributed by atoms with E-state index < -0.39 is 76.6 Å². The van der Waals surface area contributed by atoms with Crippen LogP contribution in [-0.4, -0.2) is 20.3 Å². The molecule has 1 atom stereocenters. The summed E-state index contributed by atoms with van der Waals surface area (Å²) >= 11 is 0. The van der Waals surface area contributed by atoms with Gasteiger partial charge in [0, 0.05) is 17.3 Å². The molecule has 0 saturated carbocycles. The molecule has 228 valence electrons. The number of aryl methyl sites for hydroxylation is 1. The van der Waals surface area contributed by atoms with Crippen molar-refractivity contribution < 1.29 is 20.1 Å². The van der Waals surface area contributed by atoms with Crippen molar-refractivity contribution in [3.05, 3.63) is 161 Å². The fourth-order valence-corrected chi connectivity index (χ4v) is 6.82. The van der Waals surface area contributed by atoms with Crippen LogP contribution in [0.1, 0.15) is 35.7 Å². The van der Waals surface area contributed by atoms with Crippen LogP contribution in [0.5, 0.6) is 11.5 Å². The fourth-order valence-electron chi connectivity index (χ4n) is 6.82. The quantitative estimate of drug-likeness (QED) is 0.215. The van der Waals surface area contributed by atoms with Crippen LogP contribution in [0, 0.1) is 10.4 Å². The number of benzene rings is 2. The molecule has 10 nitrogen and oxygen atoms in total. The lowest BCUT2D eigenvalue weighted by atomic mass is 9.78. The van der Waals surface area contributed by atoms with Crippen LogP contribution < -0.4 is 42.4 Å². The Morgan fingerprint density at radius 1 is 0.848 bits per heavy atom. The van der Waals surface area contributed by atoms with Crippen LogP contribution >= 0.6 is 0 Å². The molecule has 0 radical (unpaired) electrons. The molecule has 4 aliphatic carbocycles. The second-order valence-electron chi connectivity index (χ2n) is 11.4. The van der Waals surface area contributed by atoms with Crippen molar-refractivity contribution in [2.45, 2.75) is 31.8 Å². The zero-order valence-electron chi connectivity index (χ0n) is 24.3. The summed E-state index contributed by atoms with van der Waals surface area (Å²) < 4.78 is 5.57. The molecule has 3 aromatic rings. The maximum Gasteiger partial charge on any atom is 0.260 e. The largest absolute Gasteiger partial charge is 0.510 e. The second-order valence-corrected chi connectivity index (χ2v) is 11.4. The highest BCUT2D eigenvalue weighted by Gasteiger charge is 2.53. The summed E-state index contributed by atoms with van der Waals surface area (Å²) in [6.45, 7) is 1.76. The number of nitrogens with one attached hydrogen (secondary N) is 1. The van der Waals surface area contributed by atoms with Gasteiger partial charge in [0.2, 0.25) is 16.3 Å². The van der Waals surface area contributed by atoms with Gasteiger partial charge < -0.3 is 25.0 Å². The van der Waals surface area contributed by atoms with Crippen molar-refractivity contribution in [2.75, 3.05) is 0 Å². The average molecular weight is 616 g/mol. The lowest BCUT2D eigenvalue weighted by Gasteiger charge is -2.27. The number of fused-ring (bicyclic) bond motifs is 4. The standard InChI is InChI=1S/C36H25NO9/c1-2-3-5-10-20-14-19-13-18-11-12-36(28(18)32(42)23(19)35(45)37-20)33(43)26-27(34(36)44)31(41)25-24(30(26)40)21(38)15-22(29(25)39)46-16-17-8-6-4-7-9-17/h2-10,13-15,42-44H,11-12,16H2,1H3,(H,37,45)/b3-2+,10-5+/t36-/m0/s1. The van der Waals surface area contributed by atoms with Crippen molar-refractivity contribution in [1.82, 2.24) is 4.98 Å². The molecule has 4 N–H and O–H groups in total. The number of aromatic hydroxyl groups is 1. The van der Waals surface area contributed by atoms with Crippen molar-refractivity contribution in [3.63, 3.8) is 0 Å². The van der Waals surface area contributed by atoms with E-state index in [9.17, 15) is 39.3 Å². The van der Waals surface area contributed by atoms with Crippen LogP contribution in [0.15, 0.2) is 90.7 Å². The van der Waals surface area contributed by atoms with E-state index in [2.05, 4.69) is 4.98 Å². The third-order valence-electron chi connectivity index (χ3n) is 8.87. The summed E-state index contributed by atoms with van der Waals surface area (Å²) in [6.07, 6.45) is 7.14. The van der Waals surface area contributed by atoms with Gasteiger partial charge in [0.1, 0.15) is 29.3 Å². The lowest BCUT2D eigenvalue weighted by molar-refractivity contribution is 0.303. The van der Waals surface area contributed by atoms with Crippen LogP contribution in [0.25, 0.3) is 28.4 Å². The van der Waals surface area contributed by atoms with E-state index in [1.165, 1.54) is 0 Å². The van der Waals surface area contributed by atoms with E-state index in [1.54, 1.807) is 60.7 Å². The molecule has 46 heavy (non-hydrogen) atoms. The monoisotopic (exact) mass is 615 g/mol. The Hall–Kier alpha value is -6.03. The molecule has 0 bridgehead atoms. The molecular formula is C36H25NO9. The van der Waals surface area contributed by atoms with E-state index in [0.29, 0.717) is 22.2 Å². The number of aliphatic hydroxyl groups excluding tert-OH is 2. The smallest absolute Gasteiger partial charge is 0.260 e. The molecule has 0 saturated heterocycles. The Labute approximate surface area is 257 Å². The van der Waals surface area contributed by atoms with Gasteiger partial charge in [-0.1, -0.05) is 54.6 Å². The predicted octanol–water partition coefficient (Wildman–Crippen LogP) is 1.67. The zero-order valence-corrected chi connectivity index (χ0v) is 24.3. The second kappa shape index (κ2) is 10.3. The number of H-pyrrole nitrogens is 1. The number of rotatable bonds is 5. The molecule has 1 heterocycles. The summed E-state index contributed by atoms with van der Waals surface area (Å²) in [4.78, 5) is 70.2. The first-order valence-corrected chi connectivity index (χ1v) is 14.5. The summed E-state index contributed by atoms with van der Waals surface area (Å²) in [5.41, 5.74) is -5.17. The molecule has 2 aromatic carbocycles. The van der Waals surface area contributed by atoms with Gasteiger partial charge in [-0.05, 0) is 48.4 Å². The maximum atomic E-state index is 13.9. The summed E-state index contributed by atoms with van der Waals surface area (Å²) in [5, 5.41) is 32.4. The van der Waals surface area contributed by atoms with E-state index in [1.807, 2.05) is 13.0 Å². The number of pyridine rings is 1. The summed E-state index contributed by atoms with van der Waals surface area (Å²) in [6, 6.07) is 12.9. The molecule has 0 fully saturated rings. The number of hydrogen-bond acceptors (Lipinski definition) is 9. The summed E-state index contributed by atoms with van der Waals surface area (Å²) in [7, 11) is 0. The molecule has 4 aliphatic rings. The number of phenolic OH excluding ortho intramolecular Hbond substituents is 1. The third-order valence-corrected chi connectivity index (χ3v) is 8.87. The SMILES string of the molecule is C/C=C/C=C/c1cc2cc3c(c(O)c2c(=O)[nH]1)[C@@]1(CC3)C(O)=c2c(=O)c3c(=O)cc(OCc4ccccc4)c(=O)c=3c(=O)c2=C1O. The zero-order chi connectivity index (χ0) is 32.5. The highest BCUT2D eigenvalue weighted by molar-refractivity contribution is 5.94. The topological polar surface area (TPSA) is 171 Å². The van der Waals surface area contributed by atoms with E-state index in [4.69, 9.17) is 4.74 Å². The molecule has 1 spiro atoms. The number of hydrogen-bond donors (Lipinski definition) is 4. The van der Waals surface area contributed by atoms with Gasteiger partial charge in [-0.25, -0.2) is 0 Å². The van der Waals surface area contributed by atoms with Crippen molar-refractivity contribution in [3.8, 4) is 11.5 Å². The number of allylic oxidation sites excluding steroid dienone is 3. The first-order chi connectivity index (χ1) is 22.1. The number of aliphatic hydroxyl groups is 2. The molecule has 0 amide bonds. The normalized spacial score (nSPS) is 17.2. The Kier molecular flexibility index (Phi) is 6.41. The minimum atomic E-state index is -1.96.